The van der Waals surface area contributed by atoms with Crippen molar-refractivity contribution in [3.8, 4) is 11.3 Å². The third-order valence-corrected chi connectivity index (χ3v) is 4.23. The molecule has 0 amide bonds. The smallest absolute Gasteiger partial charge is 0.238 e. The Bertz CT molecular complexity index is 786. The number of aryl methyl sites for hydroxylation is 2. The molecule has 3 nitrogen and oxygen atoms in total. The van der Waals surface area contributed by atoms with Gasteiger partial charge < -0.3 is 0 Å². The van der Waals surface area contributed by atoms with E-state index in [0.717, 1.165) is 5.56 Å². The molecular formula is C17H14F3N3S. The maximum atomic E-state index is 13.0. The molecule has 0 spiro atoms. The van der Waals surface area contributed by atoms with Crippen LogP contribution < -0.4 is 0 Å². The molecule has 7 heteroatoms. The van der Waals surface area contributed by atoms with E-state index in [0.29, 0.717) is 18.5 Å². The number of hydrogen-bond acceptors (Lipinski definition) is 3. The van der Waals surface area contributed by atoms with Crippen molar-refractivity contribution in [2.45, 2.75) is 23.5 Å². The molecular weight excluding hydrogens is 335 g/mol. The molecule has 0 saturated heterocycles. The molecule has 0 unspecified atom stereocenters. The summed E-state index contributed by atoms with van der Waals surface area (Å²) >= 11 is -0.171. The molecule has 124 valence electrons. The zero-order chi connectivity index (χ0) is 17.0. The SMILES string of the molecule is FC(F)(F)Sc1c(-c2ccccc2)nnn1CCc1ccccc1. The predicted octanol–water partition coefficient (Wildman–Crippen LogP) is 4.80. The molecule has 0 atom stereocenters. The fourth-order valence-corrected chi connectivity index (χ4v) is 3.03. The van der Waals surface area contributed by atoms with Gasteiger partial charge in [-0.25, -0.2) is 4.68 Å². The summed E-state index contributed by atoms with van der Waals surface area (Å²) in [7, 11) is 0. The van der Waals surface area contributed by atoms with E-state index in [9.17, 15) is 13.2 Å². The number of rotatable bonds is 5. The lowest BCUT2D eigenvalue weighted by Crippen LogP contribution is -2.08. The van der Waals surface area contributed by atoms with Crippen molar-refractivity contribution in [2.24, 2.45) is 0 Å². The van der Waals surface area contributed by atoms with Gasteiger partial charge in [-0.3, -0.25) is 0 Å². The van der Waals surface area contributed by atoms with E-state index < -0.39 is 5.51 Å². The van der Waals surface area contributed by atoms with Crippen molar-refractivity contribution in [2.75, 3.05) is 0 Å². The first-order chi connectivity index (χ1) is 11.5. The van der Waals surface area contributed by atoms with Gasteiger partial charge in [0.2, 0.25) is 0 Å². The molecule has 1 aromatic heterocycles. The minimum absolute atomic E-state index is 0.0182. The number of aromatic nitrogens is 3. The quantitative estimate of drug-likeness (QED) is 0.620. The van der Waals surface area contributed by atoms with Crippen molar-refractivity contribution in [3.05, 3.63) is 66.2 Å². The molecule has 2 aromatic carbocycles. The van der Waals surface area contributed by atoms with Crippen LogP contribution in [0, 0.1) is 0 Å². The Kier molecular flexibility index (Phi) is 4.89. The highest BCUT2D eigenvalue weighted by Crippen LogP contribution is 2.40. The van der Waals surface area contributed by atoms with Gasteiger partial charge in [0, 0.05) is 23.9 Å². The molecule has 0 N–H and O–H groups in total. The van der Waals surface area contributed by atoms with Crippen molar-refractivity contribution in [3.63, 3.8) is 0 Å². The van der Waals surface area contributed by atoms with Crippen molar-refractivity contribution < 1.29 is 13.2 Å². The van der Waals surface area contributed by atoms with Gasteiger partial charge in [-0.1, -0.05) is 65.9 Å². The molecule has 0 saturated carbocycles. The van der Waals surface area contributed by atoms with Crippen LogP contribution in [-0.4, -0.2) is 20.5 Å². The Labute approximate surface area is 141 Å². The number of benzene rings is 2. The average Bonchev–Trinajstić information content (AvgIpc) is 2.95. The van der Waals surface area contributed by atoms with Crippen molar-refractivity contribution >= 4 is 11.8 Å². The largest absolute Gasteiger partial charge is 0.447 e. The van der Waals surface area contributed by atoms with Crippen LogP contribution >= 0.6 is 11.8 Å². The number of thioether (sulfide) groups is 1. The maximum Gasteiger partial charge on any atom is 0.447 e. The number of nitrogens with zero attached hydrogens (tertiary/aromatic N) is 3. The average molecular weight is 349 g/mol. The lowest BCUT2D eigenvalue weighted by Gasteiger charge is -2.10. The summed E-state index contributed by atoms with van der Waals surface area (Å²) in [6, 6.07) is 18.4. The molecule has 0 aliphatic rings. The standard InChI is InChI=1S/C17H14F3N3S/c18-17(19,20)24-16-15(14-9-5-2-6-10-14)21-22-23(16)12-11-13-7-3-1-4-8-13/h1-10H,11-12H2. The van der Waals surface area contributed by atoms with E-state index in [-0.39, 0.29) is 22.5 Å². The number of alkyl halides is 3. The van der Waals surface area contributed by atoms with Crippen LogP contribution in [0.3, 0.4) is 0 Å². The molecule has 0 radical (unpaired) electrons. The van der Waals surface area contributed by atoms with E-state index in [4.69, 9.17) is 0 Å². The second-order valence-corrected chi connectivity index (χ2v) is 6.17. The highest BCUT2D eigenvalue weighted by molar-refractivity contribution is 8.00. The summed E-state index contributed by atoms with van der Waals surface area (Å²) in [5.41, 5.74) is -2.48. The molecule has 0 aliphatic heterocycles. The van der Waals surface area contributed by atoms with Gasteiger partial charge in [0.15, 0.2) is 0 Å². The number of hydrogen-bond donors (Lipinski definition) is 0. The first kappa shape index (κ1) is 16.6. The van der Waals surface area contributed by atoms with Gasteiger partial charge in [-0.15, -0.1) is 5.10 Å². The minimum atomic E-state index is -4.39. The van der Waals surface area contributed by atoms with Crippen LogP contribution in [0.5, 0.6) is 0 Å². The van der Waals surface area contributed by atoms with Gasteiger partial charge in [-0.2, -0.15) is 13.2 Å². The summed E-state index contributed by atoms with van der Waals surface area (Å²) in [5.74, 6) is 0. The fraction of sp³-hybridized carbons (Fsp3) is 0.176. The van der Waals surface area contributed by atoms with Crippen LogP contribution in [0.15, 0.2) is 65.7 Å². The van der Waals surface area contributed by atoms with E-state index in [1.165, 1.54) is 4.68 Å². The summed E-state index contributed by atoms with van der Waals surface area (Å²) in [4.78, 5) is 0. The maximum absolute atomic E-state index is 13.0. The summed E-state index contributed by atoms with van der Waals surface area (Å²) < 4.78 is 40.2. The Morgan fingerprint density at radius 1 is 0.917 bits per heavy atom. The lowest BCUT2D eigenvalue weighted by molar-refractivity contribution is -0.0330. The van der Waals surface area contributed by atoms with Crippen LogP contribution in [0.1, 0.15) is 5.56 Å². The zero-order valence-corrected chi connectivity index (χ0v) is 13.4. The highest BCUT2D eigenvalue weighted by Gasteiger charge is 2.33. The van der Waals surface area contributed by atoms with Gasteiger partial charge in [0.05, 0.1) is 0 Å². The van der Waals surface area contributed by atoms with Crippen LogP contribution in [0.25, 0.3) is 11.3 Å². The summed E-state index contributed by atoms with van der Waals surface area (Å²) in [5, 5.41) is 7.93. The van der Waals surface area contributed by atoms with Gasteiger partial charge in [0.25, 0.3) is 0 Å². The van der Waals surface area contributed by atoms with Gasteiger partial charge in [0.1, 0.15) is 10.7 Å². The molecule has 0 bridgehead atoms. The summed E-state index contributed by atoms with van der Waals surface area (Å²) in [6.45, 7) is 0.336. The van der Waals surface area contributed by atoms with Crippen LogP contribution in [0.2, 0.25) is 0 Å². The molecule has 24 heavy (non-hydrogen) atoms. The topological polar surface area (TPSA) is 30.7 Å². The predicted molar refractivity (Wildman–Crippen MR) is 87.5 cm³/mol. The molecule has 3 rings (SSSR count). The number of halogens is 3. The Balaban J connectivity index is 1.89. The van der Waals surface area contributed by atoms with Crippen molar-refractivity contribution in [1.29, 1.82) is 0 Å². The fourth-order valence-electron chi connectivity index (χ4n) is 2.32. The zero-order valence-electron chi connectivity index (χ0n) is 12.6. The Hall–Kier alpha value is -2.28. The molecule has 0 fully saturated rings. The Morgan fingerprint density at radius 2 is 1.54 bits per heavy atom. The molecule has 0 aliphatic carbocycles. The molecule has 3 aromatic rings. The monoisotopic (exact) mass is 349 g/mol. The second kappa shape index (κ2) is 7.09. The third-order valence-electron chi connectivity index (χ3n) is 3.40. The Morgan fingerprint density at radius 3 is 2.17 bits per heavy atom. The minimum Gasteiger partial charge on any atom is -0.238 e. The lowest BCUT2D eigenvalue weighted by atomic mass is 10.1. The van der Waals surface area contributed by atoms with E-state index in [1.807, 2.05) is 30.3 Å². The first-order valence-corrected chi connectivity index (χ1v) is 8.13. The van der Waals surface area contributed by atoms with E-state index in [2.05, 4.69) is 10.3 Å². The van der Waals surface area contributed by atoms with Crippen LogP contribution in [0.4, 0.5) is 13.2 Å². The third kappa shape index (κ3) is 4.17. The van der Waals surface area contributed by atoms with Gasteiger partial charge in [-0.05, 0) is 12.0 Å². The van der Waals surface area contributed by atoms with E-state index in [1.54, 1.807) is 30.3 Å². The van der Waals surface area contributed by atoms with E-state index >= 15 is 0 Å². The molecule has 1 heterocycles. The van der Waals surface area contributed by atoms with Gasteiger partial charge >= 0.3 is 5.51 Å². The normalized spacial score (nSPS) is 11.6. The second-order valence-electron chi connectivity index (χ2n) is 5.12. The van der Waals surface area contributed by atoms with Crippen LogP contribution in [-0.2, 0) is 13.0 Å². The highest BCUT2D eigenvalue weighted by atomic mass is 32.2. The summed E-state index contributed by atoms with van der Waals surface area (Å²) in [6.07, 6.45) is 0.587. The first-order valence-electron chi connectivity index (χ1n) is 7.31. The van der Waals surface area contributed by atoms with Crippen molar-refractivity contribution in [1.82, 2.24) is 15.0 Å².